The second-order valence-corrected chi connectivity index (χ2v) is 8.74. The van der Waals surface area contributed by atoms with Gasteiger partial charge in [-0.05, 0) is 41.5 Å². The van der Waals surface area contributed by atoms with Crippen molar-refractivity contribution >= 4 is 23.9 Å². The van der Waals surface area contributed by atoms with Gasteiger partial charge in [-0.25, -0.2) is 0 Å². The zero-order valence-electron chi connectivity index (χ0n) is 18.1. The number of nitrogens with zero attached hydrogens (tertiary/aromatic N) is 2. The van der Waals surface area contributed by atoms with E-state index in [0.29, 0.717) is 0 Å². The highest BCUT2D eigenvalue weighted by Gasteiger charge is 2.25. The Bertz CT molecular complexity index is 791. The van der Waals surface area contributed by atoms with E-state index in [1.165, 1.54) is 4.90 Å². The summed E-state index contributed by atoms with van der Waals surface area (Å²) in [6.07, 6.45) is 0.290. The van der Waals surface area contributed by atoms with Crippen molar-refractivity contribution in [3.05, 3.63) is 33.4 Å². The van der Waals surface area contributed by atoms with Gasteiger partial charge in [-0.1, -0.05) is 0 Å². The monoisotopic (exact) mass is 424 g/mol. The zero-order valence-corrected chi connectivity index (χ0v) is 18.1. The minimum absolute atomic E-state index is 0.0124. The number of phenols is 1. The molecule has 0 aliphatic heterocycles. The summed E-state index contributed by atoms with van der Waals surface area (Å²) < 4.78 is 10.5. The molecule has 0 radical (unpaired) electrons. The fourth-order valence-corrected chi connectivity index (χ4v) is 2.54. The molecule has 0 saturated heterocycles. The molecular weight excluding hydrogens is 396 g/mol. The van der Waals surface area contributed by atoms with Crippen LogP contribution >= 0.6 is 0 Å². The average molecular weight is 424 g/mol. The van der Waals surface area contributed by atoms with Gasteiger partial charge >= 0.3 is 11.9 Å². The average Bonchev–Trinajstić information content (AvgIpc) is 2.52. The second-order valence-electron chi connectivity index (χ2n) is 8.74. The molecule has 0 spiro atoms. The van der Waals surface area contributed by atoms with E-state index >= 15 is 0 Å². The van der Waals surface area contributed by atoms with Crippen LogP contribution in [0.4, 0.5) is 5.69 Å². The Morgan fingerprint density at radius 2 is 1.53 bits per heavy atom. The number of non-ortho nitro benzene ring substituents is 1. The summed E-state index contributed by atoms with van der Waals surface area (Å²) in [4.78, 5) is 47.4. The molecule has 0 atom stereocenters. The fraction of sp³-hybridized carbons (Fsp3) is 0.550. The molecule has 1 aromatic carbocycles. The Morgan fingerprint density at radius 3 is 1.90 bits per heavy atom. The number of aldehydes is 1. The van der Waals surface area contributed by atoms with Gasteiger partial charge in [0, 0.05) is 24.2 Å². The smallest absolute Gasteiger partial charge is 0.320 e. The van der Waals surface area contributed by atoms with Crippen molar-refractivity contribution in [1.29, 1.82) is 0 Å². The number of carbonyl (C=O) groups excluding carboxylic acids is 3. The first-order chi connectivity index (χ1) is 13.6. The van der Waals surface area contributed by atoms with Crippen molar-refractivity contribution in [2.45, 2.75) is 59.3 Å². The molecule has 0 amide bonds. The van der Waals surface area contributed by atoms with Crippen LogP contribution in [-0.2, 0) is 25.6 Å². The Balaban J connectivity index is 3.20. The van der Waals surface area contributed by atoms with Crippen LogP contribution in [0.5, 0.6) is 5.75 Å². The molecule has 10 nitrogen and oxygen atoms in total. The topological polar surface area (TPSA) is 136 Å². The number of hydrogen-bond donors (Lipinski definition) is 1. The highest BCUT2D eigenvalue weighted by atomic mass is 16.6. The highest BCUT2D eigenvalue weighted by Crippen LogP contribution is 2.28. The number of phenolic OH excluding ortho intramolecular Hbond substituents is 1. The lowest BCUT2D eigenvalue weighted by molar-refractivity contribution is -0.385. The van der Waals surface area contributed by atoms with Gasteiger partial charge in [0.25, 0.3) is 5.69 Å². The van der Waals surface area contributed by atoms with Gasteiger partial charge in [0.2, 0.25) is 0 Å². The minimum Gasteiger partial charge on any atom is -0.507 e. The lowest BCUT2D eigenvalue weighted by Gasteiger charge is -2.26. The van der Waals surface area contributed by atoms with Gasteiger partial charge in [-0.15, -0.1) is 0 Å². The molecule has 1 N–H and O–H groups in total. The summed E-state index contributed by atoms with van der Waals surface area (Å²) in [5, 5.41) is 21.4. The lowest BCUT2D eigenvalue weighted by atomic mass is 10.1. The first kappa shape index (κ1) is 25.0. The van der Waals surface area contributed by atoms with E-state index in [2.05, 4.69) is 0 Å². The van der Waals surface area contributed by atoms with Gasteiger partial charge in [0.15, 0.2) is 6.29 Å². The summed E-state index contributed by atoms with van der Waals surface area (Å²) >= 11 is 0. The first-order valence-corrected chi connectivity index (χ1v) is 9.23. The SMILES string of the molecule is CC(C)(C)OC(=O)CN(CC(=O)OC(C)(C)C)Cc1cc([N+](=O)[O-])cc(C=O)c1O. The maximum absolute atomic E-state index is 12.3. The predicted octanol–water partition coefficient (Wildman–Crippen LogP) is 2.60. The van der Waals surface area contributed by atoms with E-state index in [9.17, 15) is 29.6 Å². The molecule has 0 unspecified atom stereocenters. The van der Waals surface area contributed by atoms with Crippen molar-refractivity contribution in [2.75, 3.05) is 13.1 Å². The van der Waals surface area contributed by atoms with Crippen LogP contribution in [0.2, 0.25) is 0 Å². The van der Waals surface area contributed by atoms with E-state index in [0.717, 1.165) is 12.1 Å². The molecule has 0 saturated carbocycles. The van der Waals surface area contributed by atoms with Gasteiger partial charge in [-0.2, -0.15) is 0 Å². The molecule has 0 fully saturated rings. The van der Waals surface area contributed by atoms with Gasteiger partial charge in [0.05, 0.1) is 23.6 Å². The molecule has 1 aromatic rings. The third kappa shape index (κ3) is 8.56. The zero-order chi connectivity index (χ0) is 23.3. The molecular formula is C20H28N2O8. The Hall–Kier alpha value is -3.01. The second kappa shape index (κ2) is 9.66. The maximum atomic E-state index is 12.3. The number of rotatable bonds is 8. The van der Waals surface area contributed by atoms with Crippen LogP contribution in [-0.4, -0.2) is 57.4 Å². The number of nitro benzene ring substituents is 1. The molecule has 10 heteroatoms. The molecule has 0 aliphatic rings. The predicted molar refractivity (Wildman–Crippen MR) is 107 cm³/mol. The van der Waals surface area contributed by atoms with Crippen LogP contribution in [0.1, 0.15) is 57.5 Å². The number of benzene rings is 1. The van der Waals surface area contributed by atoms with E-state index in [4.69, 9.17) is 9.47 Å². The molecule has 30 heavy (non-hydrogen) atoms. The number of hydrogen-bond acceptors (Lipinski definition) is 9. The van der Waals surface area contributed by atoms with Crippen LogP contribution in [0.3, 0.4) is 0 Å². The third-order valence-corrected chi connectivity index (χ3v) is 3.48. The van der Waals surface area contributed by atoms with E-state index in [1.54, 1.807) is 41.5 Å². The molecule has 0 heterocycles. The number of esters is 2. The minimum atomic E-state index is -0.757. The number of nitro groups is 1. The molecule has 0 aliphatic carbocycles. The first-order valence-electron chi connectivity index (χ1n) is 9.23. The number of ether oxygens (including phenoxy) is 2. The highest BCUT2D eigenvalue weighted by molar-refractivity contribution is 5.81. The van der Waals surface area contributed by atoms with Crippen molar-refractivity contribution in [1.82, 2.24) is 4.90 Å². The third-order valence-electron chi connectivity index (χ3n) is 3.48. The summed E-state index contributed by atoms with van der Waals surface area (Å²) in [6, 6.07) is 2.03. The fourth-order valence-electron chi connectivity index (χ4n) is 2.54. The van der Waals surface area contributed by atoms with Crippen molar-refractivity contribution in [2.24, 2.45) is 0 Å². The Kier molecular flexibility index (Phi) is 8.06. The van der Waals surface area contributed by atoms with Crippen LogP contribution in [0.25, 0.3) is 0 Å². The van der Waals surface area contributed by atoms with Crippen molar-refractivity contribution < 1.29 is 33.9 Å². The van der Waals surface area contributed by atoms with Crippen LogP contribution in [0, 0.1) is 10.1 Å². The summed E-state index contributed by atoms with van der Waals surface area (Å²) in [6.45, 7) is 9.21. The van der Waals surface area contributed by atoms with Crippen molar-refractivity contribution in [3.63, 3.8) is 0 Å². The molecule has 166 valence electrons. The summed E-state index contributed by atoms with van der Waals surface area (Å²) in [5.41, 5.74) is -2.17. The molecule has 0 aromatic heterocycles. The van der Waals surface area contributed by atoms with Gasteiger partial charge < -0.3 is 14.6 Å². The Labute approximate surface area is 174 Å². The largest absolute Gasteiger partial charge is 0.507 e. The van der Waals surface area contributed by atoms with Crippen molar-refractivity contribution in [3.8, 4) is 5.75 Å². The standard InChI is InChI=1S/C20H28N2O8/c1-19(2,3)29-16(24)10-21(11-17(25)30-20(4,5)6)9-13-7-15(22(27)28)8-14(12-23)18(13)26/h7-8,12,26H,9-11H2,1-6H3. The van der Waals surface area contributed by atoms with Gasteiger partial charge in [-0.3, -0.25) is 29.4 Å². The van der Waals surface area contributed by atoms with Gasteiger partial charge in [0.1, 0.15) is 17.0 Å². The van der Waals surface area contributed by atoms with E-state index in [1.807, 2.05) is 0 Å². The molecule has 0 bridgehead atoms. The Morgan fingerprint density at radius 1 is 1.07 bits per heavy atom. The number of carbonyl (C=O) groups is 3. The van der Waals surface area contributed by atoms with Crippen LogP contribution in [0.15, 0.2) is 12.1 Å². The van der Waals surface area contributed by atoms with E-state index < -0.39 is 39.5 Å². The molecule has 1 rings (SSSR count). The van der Waals surface area contributed by atoms with Crippen LogP contribution < -0.4 is 0 Å². The summed E-state index contributed by atoms with van der Waals surface area (Å²) in [7, 11) is 0. The quantitative estimate of drug-likeness (QED) is 0.289. The normalized spacial score (nSPS) is 11.8. The summed E-state index contributed by atoms with van der Waals surface area (Å²) in [5.74, 6) is -1.73. The van der Waals surface area contributed by atoms with E-state index in [-0.39, 0.29) is 37.0 Å². The lowest BCUT2D eigenvalue weighted by Crippen LogP contribution is -2.39. The maximum Gasteiger partial charge on any atom is 0.320 e. The number of aromatic hydroxyl groups is 1.